The maximum Gasteiger partial charge on any atom is 0.159 e. The van der Waals surface area contributed by atoms with E-state index in [1.807, 2.05) is 6.07 Å². The zero-order valence-corrected chi connectivity index (χ0v) is 12.3. The van der Waals surface area contributed by atoms with Gasteiger partial charge in [0.1, 0.15) is 5.82 Å². The van der Waals surface area contributed by atoms with Gasteiger partial charge in [-0.05, 0) is 44.4 Å². The van der Waals surface area contributed by atoms with E-state index < -0.39 is 0 Å². The van der Waals surface area contributed by atoms with Crippen molar-refractivity contribution in [2.45, 2.75) is 33.4 Å². The molecule has 0 aliphatic heterocycles. The second-order valence-electron chi connectivity index (χ2n) is 4.76. The van der Waals surface area contributed by atoms with Crippen LogP contribution in [0.4, 0.5) is 5.82 Å². The van der Waals surface area contributed by atoms with E-state index in [0.717, 1.165) is 12.4 Å². The molecule has 0 spiro atoms. The van der Waals surface area contributed by atoms with Crippen LogP contribution in [0.5, 0.6) is 0 Å². The third kappa shape index (κ3) is 3.41. The first-order chi connectivity index (χ1) is 9.08. The number of carbonyl (C=O) groups is 1. The van der Waals surface area contributed by atoms with Crippen molar-refractivity contribution >= 4 is 22.9 Å². The summed E-state index contributed by atoms with van der Waals surface area (Å²) in [5, 5.41) is 2.08. The van der Waals surface area contributed by atoms with Crippen LogP contribution in [-0.4, -0.2) is 16.8 Å². The molecule has 2 heterocycles. The van der Waals surface area contributed by atoms with E-state index in [1.54, 1.807) is 30.5 Å². The van der Waals surface area contributed by atoms with Crippen LogP contribution in [0.2, 0.25) is 0 Å². The molecule has 0 aromatic carbocycles. The van der Waals surface area contributed by atoms with Gasteiger partial charge in [0.05, 0.1) is 6.54 Å². The summed E-state index contributed by atoms with van der Waals surface area (Å²) in [5.74, 6) is 0.930. The lowest BCUT2D eigenvalue weighted by molar-refractivity contribution is 0.101. The van der Waals surface area contributed by atoms with Crippen molar-refractivity contribution in [2.24, 2.45) is 0 Å². The number of ketones is 1. The molecule has 2 aromatic rings. The molecule has 19 heavy (non-hydrogen) atoms. The minimum absolute atomic E-state index is 0.0727. The average molecular weight is 274 g/mol. The highest BCUT2D eigenvalue weighted by molar-refractivity contribution is 7.09. The van der Waals surface area contributed by atoms with Crippen molar-refractivity contribution < 1.29 is 4.79 Å². The Labute approximate surface area is 117 Å². The maximum atomic E-state index is 11.5. The van der Waals surface area contributed by atoms with Crippen LogP contribution in [-0.2, 0) is 6.54 Å². The lowest BCUT2D eigenvalue weighted by Gasteiger charge is -2.27. The van der Waals surface area contributed by atoms with Gasteiger partial charge in [0.25, 0.3) is 0 Å². The Morgan fingerprint density at radius 1 is 1.42 bits per heavy atom. The highest BCUT2D eigenvalue weighted by Crippen LogP contribution is 2.21. The predicted molar refractivity (Wildman–Crippen MR) is 79.9 cm³/mol. The number of anilines is 1. The minimum Gasteiger partial charge on any atom is -0.349 e. The van der Waals surface area contributed by atoms with Crippen molar-refractivity contribution in [3.05, 3.63) is 46.3 Å². The minimum atomic E-state index is 0.0727. The summed E-state index contributed by atoms with van der Waals surface area (Å²) in [6.45, 7) is 6.67. The zero-order valence-electron chi connectivity index (χ0n) is 11.5. The molecule has 0 atom stereocenters. The molecule has 0 radical (unpaired) electrons. The molecule has 0 saturated carbocycles. The smallest absolute Gasteiger partial charge is 0.159 e. The number of hydrogen-bond donors (Lipinski definition) is 0. The Hall–Kier alpha value is -1.68. The van der Waals surface area contributed by atoms with Crippen LogP contribution in [0.25, 0.3) is 0 Å². The van der Waals surface area contributed by atoms with Crippen molar-refractivity contribution in [1.29, 1.82) is 0 Å². The molecule has 2 rings (SSSR count). The quantitative estimate of drug-likeness (QED) is 0.778. The van der Waals surface area contributed by atoms with Crippen molar-refractivity contribution in [3.63, 3.8) is 0 Å². The number of nitrogens with zero attached hydrogens (tertiary/aromatic N) is 2. The second kappa shape index (κ2) is 5.97. The summed E-state index contributed by atoms with van der Waals surface area (Å²) in [6, 6.07) is 8.13. The topological polar surface area (TPSA) is 33.2 Å². The van der Waals surface area contributed by atoms with Crippen LogP contribution in [0, 0.1) is 0 Å². The number of rotatable bonds is 5. The van der Waals surface area contributed by atoms with Crippen LogP contribution in [0.15, 0.2) is 35.8 Å². The molecule has 0 fully saturated rings. The Balaban J connectivity index is 2.28. The van der Waals surface area contributed by atoms with Gasteiger partial charge >= 0.3 is 0 Å². The van der Waals surface area contributed by atoms with E-state index >= 15 is 0 Å². The van der Waals surface area contributed by atoms with Crippen LogP contribution in [0.3, 0.4) is 0 Å². The summed E-state index contributed by atoms with van der Waals surface area (Å²) in [7, 11) is 0. The van der Waals surface area contributed by atoms with Gasteiger partial charge in [0.2, 0.25) is 0 Å². The first kappa shape index (κ1) is 13.7. The Bertz CT molecular complexity index is 549. The molecule has 4 heteroatoms. The summed E-state index contributed by atoms with van der Waals surface area (Å²) in [6.07, 6.45) is 1.70. The van der Waals surface area contributed by atoms with E-state index in [1.165, 1.54) is 4.88 Å². The average Bonchev–Trinajstić information content (AvgIpc) is 2.88. The molecule has 3 nitrogen and oxygen atoms in total. The Morgan fingerprint density at radius 3 is 2.79 bits per heavy atom. The summed E-state index contributed by atoms with van der Waals surface area (Å²) in [5.41, 5.74) is 0.710. The molecular formula is C15H18N2OS. The van der Waals surface area contributed by atoms with E-state index in [9.17, 15) is 4.79 Å². The lowest BCUT2D eigenvalue weighted by atomic mass is 10.2. The van der Waals surface area contributed by atoms with E-state index in [0.29, 0.717) is 11.6 Å². The molecule has 0 aliphatic carbocycles. The highest BCUT2D eigenvalue weighted by atomic mass is 32.1. The third-order valence-electron chi connectivity index (χ3n) is 2.98. The van der Waals surface area contributed by atoms with Gasteiger partial charge in [-0.2, -0.15) is 0 Å². The number of carbonyl (C=O) groups excluding carboxylic acids is 1. The molecule has 100 valence electrons. The fourth-order valence-corrected chi connectivity index (χ4v) is 2.60. The molecule has 0 unspecified atom stereocenters. The third-order valence-corrected chi connectivity index (χ3v) is 3.84. The monoisotopic (exact) mass is 274 g/mol. The molecule has 0 amide bonds. The molecule has 2 aromatic heterocycles. The highest BCUT2D eigenvalue weighted by Gasteiger charge is 2.14. The van der Waals surface area contributed by atoms with Gasteiger partial charge in [-0.3, -0.25) is 4.79 Å². The Morgan fingerprint density at radius 2 is 2.21 bits per heavy atom. The van der Waals surface area contributed by atoms with Gasteiger partial charge in [-0.15, -0.1) is 11.3 Å². The van der Waals surface area contributed by atoms with Gasteiger partial charge < -0.3 is 4.90 Å². The number of pyridine rings is 1. The van der Waals surface area contributed by atoms with E-state index in [4.69, 9.17) is 0 Å². The molecule has 0 aliphatic rings. The fourth-order valence-electron chi connectivity index (χ4n) is 1.89. The predicted octanol–water partition coefficient (Wildman–Crippen LogP) is 3.76. The largest absolute Gasteiger partial charge is 0.349 e. The van der Waals surface area contributed by atoms with Crippen LogP contribution in [0.1, 0.15) is 36.0 Å². The van der Waals surface area contributed by atoms with Gasteiger partial charge in [-0.1, -0.05) is 6.07 Å². The standard InChI is InChI=1S/C15H18N2OS/c1-11(2)17(10-14-5-4-8-19-14)15-9-13(12(3)18)6-7-16-15/h4-9,11H,10H2,1-3H3. The van der Waals surface area contributed by atoms with Gasteiger partial charge in [0.15, 0.2) is 5.78 Å². The second-order valence-corrected chi connectivity index (χ2v) is 5.79. The molecule has 0 saturated heterocycles. The lowest BCUT2D eigenvalue weighted by Crippen LogP contribution is -2.30. The number of aromatic nitrogens is 1. The first-order valence-corrected chi connectivity index (χ1v) is 7.22. The maximum absolute atomic E-state index is 11.5. The number of thiophene rings is 1. The number of hydrogen-bond acceptors (Lipinski definition) is 4. The first-order valence-electron chi connectivity index (χ1n) is 6.34. The van der Waals surface area contributed by atoms with Crippen molar-refractivity contribution in [1.82, 2.24) is 4.98 Å². The van der Waals surface area contributed by atoms with Crippen molar-refractivity contribution in [2.75, 3.05) is 4.90 Å². The van der Waals surface area contributed by atoms with Gasteiger partial charge in [0, 0.05) is 22.7 Å². The summed E-state index contributed by atoms with van der Waals surface area (Å²) in [4.78, 5) is 19.4. The van der Waals surface area contributed by atoms with Gasteiger partial charge in [-0.25, -0.2) is 4.98 Å². The summed E-state index contributed by atoms with van der Waals surface area (Å²) < 4.78 is 0. The molecular weight excluding hydrogens is 256 g/mol. The fraction of sp³-hybridized carbons (Fsp3) is 0.333. The SMILES string of the molecule is CC(=O)c1ccnc(N(Cc2cccs2)C(C)C)c1. The van der Waals surface area contributed by atoms with Crippen LogP contribution >= 0.6 is 11.3 Å². The van der Waals surface area contributed by atoms with E-state index in [2.05, 4.69) is 41.2 Å². The zero-order chi connectivity index (χ0) is 13.8. The van der Waals surface area contributed by atoms with E-state index in [-0.39, 0.29) is 5.78 Å². The summed E-state index contributed by atoms with van der Waals surface area (Å²) >= 11 is 1.74. The van der Waals surface area contributed by atoms with Crippen LogP contribution < -0.4 is 4.90 Å². The number of Topliss-reactive ketones (excluding diaryl/α,β-unsaturated/α-hetero) is 1. The molecule has 0 N–H and O–H groups in total. The molecule has 0 bridgehead atoms. The normalized spacial score (nSPS) is 10.7. The Kier molecular flexibility index (Phi) is 4.32. The van der Waals surface area contributed by atoms with Crippen molar-refractivity contribution in [3.8, 4) is 0 Å².